The zero-order chi connectivity index (χ0) is 25.2. The number of esters is 2. The summed E-state index contributed by atoms with van der Waals surface area (Å²) in [5, 5.41) is 9.58. The minimum absolute atomic E-state index is 0.00376. The van der Waals surface area contributed by atoms with Crippen LogP contribution in [0.5, 0.6) is 23.0 Å². The molecule has 0 saturated carbocycles. The lowest BCUT2D eigenvalue weighted by Crippen LogP contribution is -2.13. The predicted molar refractivity (Wildman–Crippen MR) is 128 cm³/mol. The number of ether oxygens (including phenoxy) is 4. The van der Waals surface area contributed by atoms with Crippen molar-refractivity contribution in [3.05, 3.63) is 83.4 Å². The van der Waals surface area contributed by atoms with Crippen LogP contribution in [0.3, 0.4) is 0 Å². The lowest BCUT2D eigenvalue weighted by atomic mass is 10.1. The van der Waals surface area contributed by atoms with Gasteiger partial charge in [-0.15, -0.1) is 0 Å². The molecule has 3 aromatic rings. The van der Waals surface area contributed by atoms with Gasteiger partial charge in [0.05, 0.1) is 24.3 Å². The molecule has 0 atom stereocenters. The van der Waals surface area contributed by atoms with Crippen LogP contribution in [0.2, 0.25) is 0 Å². The van der Waals surface area contributed by atoms with Gasteiger partial charge in [-0.05, 0) is 79.6 Å². The quantitative estimate of drug-likeness (QED) is 0.288. The maximum Gasteiger partial charge on any atom is 0.343 e. The Morgan fingerprint density at radius 3 is 1.57 bits per heavy atom. The molecular formula is C27H26O8. The van der Waals surface area contributed by atoms with Gasteiger partial charge in [-0.3, -0.25) is 0 Å². The van der Waals surface area contributed by atoms with E-state index in [2.05, 4.69) is 0 Å². The van der Waals surface area contributed by atoms with E-state index in [1.54, 1.807) is 36.4 Å². The van der Waals surface area contributed by atoms with Gasteiger partial charge in [0.15, 0.2) is 0 Å². The fourth-order valence-electron chi connectivity index (χ4n) is 2.97. The van der Waals surface area contributed by atoms with Gasteiger partial charge in [-0.2, -0.15) is 0 Å². The Morgan fingerprint density at radius 1 is 0.657 bits per heavy atom. The summed E-state index contributed by atoms with van der Waals surface area (Å²) in [5.41, 5.74) is 0.175. The average Bonchev–Trinajstić information content (AvgIpc) is 2.87. The first kappa shape index (κ1) is 25.3. The number of hydrogen-bond donors (Lipinski definition) is 1. The van der Waals surface area contributed by atoms with E-state index in [0.717, 1.165) is 18.9 Å². The molecule has 1 N–H and O–H groups in total. The SMILES string of the molecule is CCCOc1ccc(C(=O)Oc2ccc(OC(=O)c3ccc(OCCC)cc3)c(C(=O)O)c2)cc1. The number of carbonyl (C=O) groups is 3. The highest BCUT2D eigenvalue weighted by Crippen LogP contribution is 2.26. The van der Waals surface area contributed by atoms with Gasteiger partial charge in [0.1, 0.15) is 28.6 Å². The summed E-state index contributed by atoms with van der Waals surface area (Å²) in [5.74, 6) is -1.67. The highest BCUT2D eigenvalue weighted by molar-refractivity contribution is 5.96. The molecule has 0 saturated heterocycles. The van der Waals surface area contributed by atoms with Crippen LogP contribution in [-0.2, 0) is 0 Å². The van der Waals surface area contributed by atoms with Crippen LogP contribution in [0.15, 0.2) is 66.7 Å². The van der Waals surface area contributed by atoms with Crippen molar-refractivity contribution in [2.24, 2.45) is 0 Å². The van der Waals surface area contributed by atoms with E-state index < -0.39 is 17.9 Å². The van der Waals surface area contributed by atoms with Crippen LogP contribution < -0.4 is 18.9 Å². The Hall–Kier alpha value is -4.33. The molecule has 0 unspecified atom stereocenters. The third-order valence-corrected chi connectivity index (χ3v) is 4.72. The molecule has 0 radical (unpaired) electrons. The van der Waals surface area contributed by atoms with Crippen molar-refractivity contribution in [1.29, 1.82) is 0 Å². The zero-order valence-electron chi connectivity index (χ0n) is 19.5. The molecule has 0 amide bonds. The molecule has 3 rings (SSSR count). The molecule has 8 nitrogen and oxygen atoms in total. The summed E-state index contributed by atoms with van der Waals surface area (Å²) in [6, 6.07) is 16.5. The number of carboxylic acids is 1. The summed E-state index contributed by atoms with van der Waals surface area (Å²) in [6.07, 6.45) is 1.72. The maximum atomic E-state index is 12.5. The normalized spacial score (nSPS) is 10.3. The third kappa shape index (κ3) is 7.07. The Balaban J connectivity index is 1.69. The molecule has 3 aromatic carbocycles. The Labute approximate surface area is 203 Å². The second kappa shape index (κ2) is 12.2. The second-order valence-corrected chi connectivity index (χ2v) is 7.49. The van der Waals surface area contributed by atoms with E-state index in [0.29, 0.717) is 24.7 Å². The summed E-state index contributed by atoms with van der Waals surface area (Å²) in [6.45, 7) is 5.10. The largest absolute Gasteiger partial charge is 0.494 e. The molecule has 0 spiro atoms. The van der Waals surface area contributed by atoms with Crippen LogP contribution in [0.4, 0.5) is 0 Å². The molecule has 0 fully saturated rings. The van der Waals surface area contributed by atoms with Gasteiger partial charge in [-0.1, -0.05) is 13.8 Å². The Kier molecular flexibility index (Phi) is 8.83. The molecule has 8 heteroatoms. The second-order valence-electron chi connectivity index (χ2n) is 7.49. The van der Waals surface area contributed by atoms with Crippen molar-refractivity contribution in [2.75, 3.05) is 13.2 Å². The molecule has 0 aliphatic rings. The zero-order valence-corrected chi connectivity index (χ0v) is 19.5. The smallest absolute Gasteiger partial charge is 0.343 e. The molecular weight excluding hydrogens is 452 g/mol. The summed E-state index contributed by atoms with van der Waals surface area (Å²) < 4.78 is 21.6. The maximum absolute atomic E-state index is 12.5. The predicted octanol–water partition coefficient (Wildman–Crippen LogP) is 5.40. The van der Waals surface area contributed by atoms with Crippen molar-refractivity contribution >= 4 is 17.9 Å². The third-order valence-electron chi connectivity index (χ3n) is 4.72. The number of aromatic carboxylic acids is 1. The van der Waals surface area contributed by atoms with E-state index in [-0.39, 0.29) is 28.2 Å². The van der Waals surface area contributed by atoms with Crippen LogP contribution in [0, 0.1) is 0 Å². The average molecular weight is 478 g/mol. The first-order chi connectivity index (χ1) is 16.9. The van der Waals surface area contributed by atoms with Crippen LogP contribution >= 0.6 is 0 Å². The van der Waals surface area contributed by atoms with Gasteiger partial charge >= 0.3 is 17.9 Å². The van der Waals surface area contributed by atoms with Crippen LogP contribution in [0.25, 0.3) is 0 Å². The molecule has 0 bridgehead atoms. The van der Waals surface area contributed by atoms with E-state index >= 15 is 0 Å². The molecule has 0 aliphatic heterocycles. The fourth-order valence-corrected chi connectivity index (χ4v) is 2.97. The van der Waals surface area contributed by atoms with E-state index in [1.165, 1.54) is 24.3 Å². The van der Waals surface area contributed by atoms with Gasteiger partial charge in [0.25, 0.3) is 0 Å². The molecule has 182 valence electrons. The Bertz CT molecular complexity index is 1170. The van der Waals surface area contributed by atoms with E-state index in [4.69, 9.17) is 18.9 Å². The molecule has 0 heterocycles. The minimum Gasteiger partial charge on any atom is -0.494 e. The van der Waals surface area contributed by atoms with Gasteiger partial charge in [-0.25, -0.2) is 14.4 Å². The summed E-state index contributed by atoms with van der Waals surface area (Å²) >= 11 is 0. The van der Waals surface area contributed by atoms with Gasteiger partial charge in [0, 0.05) is 0 Å². The van der Waals surface area contributed by atoms with Crippen molar-refractivity contribution in [2.45, 2.75) is 26.7 Å². The van der Waals surface area contributed by atoms with Crippen LogP contribution in [0.1, 0.15) is 57.8 Å². The fraction of sp³-hybridized carbons (Fsp3) is 0.222. The highest BCUT2D eigenvalue weighted by Gasteiger charge is 2.19. The van der Waals surface area contributed by atoms with E-state index in [9.17, 15) is 19.5 Å². The topological polar surface area (TPSA) is 108 Å². The lowest BCUT2D eigenvalue weighted by molar-refractivity contribution is 0.0670. The minimum atomic E-state index is -1.34. The summed E-state index contributed by atoms with van der Waals surface area (Å²) in [4.78, 5) is 36.7. The number of hydrogen-bond acceptors (Lipinski definition) is 7. The van der Waals surface area contributed by atoms with Crippen molar-refractivity contribution in [3.63, 3.8) is 0 Å². The first-order valence-electron chi connectivity index (χ1n) is 11.2. The van der Waals surface area contributed by atoms with Gasteiger partial charge in [0.2, 0.25) is 0 Å². The van der Waals surface area contributed by atoms with Crippen molar-refractivity contribution in [3.8, 4) is 23.0 Å². The number of carboxylic acid groups (broad SMARTS) is 1. The Morgan fingerprint density at radius 2 is 1.11 bits per heavy atom. The molecule has 0 aliphatic carbocycles. The standard InChI is InChI=1S/C27H26O8/c1-3-15-32-20-9-5-18(6-10-20)26(30)34-22-13-14-24(23(17-22)25(28)29)35-27(31)19-7-11-21(12-8-19)33-16-4-2/h5-14,17H,3-4,15-16H2,1-2H3,(H,28,29). The summed E-state index contributed by atoms with van der Waals surface area (Å²) in [7, 11) is 0. The van der Waals surface area contributed by atoms with Crippen LogP contribution in [-0.4, -0.2) is 36.2 Å². The molecule has 0 aromatic heterocycles. The van der Waals surface area contributed by atoms with Crippen molar-refractivity contribution in [1.82, 2.24) is 0 Å². The number of rotatable bonds is 11. The number of carbonyl (C=O) groups excluding carboxylic acids is 2. The first-order valence-corrected chi connectivity index (χ1v) is 11.2. The van der Waals surface area contributed by atoms with Gasteiger partial charge < -0.3 is 24.1 Å². The monoisotopic (exact) mass is 478 g/mol. The van der Waals surface area contributed by atoms with Crippen molar-refractivity contribution < 1.29 is 38.4 Å². The lowest BCUT2D eigenvalue weighted by Gasteiger charge is -2.11. The van der Waals surface area contributed by atoms with E-state index in [1.807, 2.05) is 13.8 Å². The number of benzene rings is 3. The highest BCUT2D eigenvalue weighted by atomic mass is 16.5. The molecule has 35 heavy (non-hydrogen) atoms.